The predicted molar refractivity (Wildman–Crippen MR) is 384 cm³/mol. The lowest BCUT2D eigenvalue weighted by Gasteiger charge is -2.36. The third kappa shape index (κ3) is 11.7. The molecular formula is C84H56N4O14. The van der Waals surface area contributed by atoms with Crippen LogP contribution in [0.25, 0.3) is 43.1 Å². The molecule has 0 bridgehead atoms. The fourth-order valence-corrected chi connectivity index (χ4v) is 12.9. The topological polar surface area (TPSA) is 222 Å². The largest absolute Gasteiger partial charge is 0.457 e. The molecule has 18 nitrogen and oxygen atoms in total. The van der Waals surface area contributed by atoms with Gasteiger partial charge in [0.2, 0.25) is 0 Å². The molecule has 0 fully saturated rings. The maximum Gasteiger partial charge on any atom is 0.338 e. The number of benzene rings is 13. The minimum atomic E-state index is -1.64. The Balaban J connectivity index is 1.01. The Morgan fingerprint density at radius 3 is 0.804 bits per heavy atom. The Hall–Kier alpha value is -14.0. The molecule has 2 unspecified atom stereocenters. The molecule has 2 atom stereocenters. The van der Waals surface area contributed by atoms with E-state index in [9.17, 15) is 9.59 Å². The van der Waals surface area contributed by atoms with E-state index in [1.807, 2.05) is 0 Å². The third-order valence-corrected chi connectivity index (χ3v) is 17.5. The second kappa shape index (κ2) is 26.4. The van der Waals surface area contributed by atoms with Gasteiger partial charge in [-0.2, -0.15) is 0 Å². The average Bonchev–Trinajstić information content (AvgIpc) is 0.671. The van der Waals surface area contributed by atoms with Crippen LogP contribution in [-0.4, -0.2) is 57.2 Å². The molecule has 496 valence electrons. The first-order valence-corrected chi connectivity index (χ1v) is 32.3. The molecule has 15 rings (SSSR count). The number of amides is 6. The molecule has 13 aromatic rings. The van der Waals surface area contributed by atoms with Crippen molar-refractivity contribution in [1.29, 1.82) is 0 Å². The molecule has 0 aromatic heterocycles. The molecule has 2 N–H and O–H groups in total. The summed E-state index contributed by atoms with van der Waals surface area (Å²) in [5.74, 6) is -4.76. The number of ether oxygens (including phenoxy) is 6. The van der Waals surface area contributed by atoms with E-state index in [0.717, 1.165) is 9.80 Å². The van der Waals surface area contributed by atoms with Gasteiger partial charge in [0.25, 0.3) is 35.4 Å². The van der Waals surface area contributed by atoms with E-state index >= 15 is 28.8 Å². The molecule has 2 aliphatic rings. The van der Waals surface area contributed by atoms with Crippen LogP contribution in [0.15, 0.2) is 279 Å². The van der Waals surface area contributed by atoms with Crippen molar-refractivity contribution in [3.8, 4) is 57.5 Å². The predicted octanol–water partition coefficient (Wildman–Crippen LogP) is 17.8. The SMILES string of the molecule is C=C(C)C(=O)Oc1ccc(NC(=O)C(c2ccccc2)N2C(=O)c3cc(Oc4ccccc4)c4c5c(Oc6ccccc6)cc6c7c(cc(Oc8ccccc8)c(c8c(Oc9ccccc9)cc(c3c48)C2=O)c75)C(=O)N(C(C(=O)Nc2ccc(OC(=O)C(=C)C)cc2)c2ccccc2)C6=O)cc1. The molecular weight excluding hydrogens is 1290 g/mol. The Bertz CT molecular complexity index is 5060. The van der Waals surface area contributed by atoms with Gasteiger partial charge < -0.3 is 39.1 Å². The summed E-state index contributed by atoms with van der Waals surface area (Å²) in [4.78, 5) is 123. The summed E-state index contributed by atoms with van der Waals surface area (Å²) >= 11 is 0. The lowest BCUT2D eigenvalue weighted by Crippen LogP contribution is -2.47. The zero-order valence-electron chi connectivity index (χ0n) is 54.4. The van der Waals surface area contributed by atoms with Crippen molar-refractivity contribution >= 4 is 102 Å². The smallest absolute Gasteiger partial charge is 0.338 e. The third-order valence-electron chi connectivity index (χ3n) is 17.5. The lowest BCUT2D eigenvalue weighted by atomic mass is 9.80. The average molecular weight is 1350 g/mol. The van der Waals surface area contributed by atoms with Crippen LogP contribution in [0.1, 0.15) is 78.5 Å². The highest BCUT2D eigenvalue weighted by Gasteiger charge is 2.47. The van der Waals surface area contributed by atoms with Crippen molar-refractivity contribution in [2.45, 2.75) is 25.9 Å². The Morgan fingerprint density at radius 1 is 0.314 bits per heavy atom. The van der Waals surface area contributed by atoms with Crippen LogP contribution in [-0.2, 0) is 19.2 Å². The van der Waals surface area contributed by atoms with E-state index in [1.165, 1.54) is 86.6 Å². The summed E-state index contributed by atoms with van der Waals surface area (Å²) in [6.45, 7) is 10.3. The van der Waals surface area contributed by atoms with E-state index in [1.54, 1.807) is 182 Å². The fraction of sp³-hybridized carbons (Fsp3) is 0.0476. The van der Waals surface area contributed by atoms with Crippen molar-refractivity contribution in [1.82, 2.24) is 9.80 Å². The number of hydrogen-bond donors (Lipinski definition) is 2. The van der Waals surface area contributed by atoms with E-state index in [-0.39, 0.29) is 133 Å². The van der Waals surface area contributed by atoms with E-state index in [4.69, 9.17) is 28.4 Å². The van der Waals surface area contributed by atoms with Gasteiger partial charge in [-0.25, -0.2) is 9.59 Å². The number of hydrogen-bond acceptors (Lipinski definition) is 14. The van der Waals surface area contributed by atoms with Gasteiger partial charge in [-0.1, -0.05) is 147 Å². The van der Waals surface area contributed by atoms with Crippen LogP contribution in [0.3, 0.4) is 0 Å². The highest BCUT2D eigenvalue weighted by Crippen LogP contribution is 2.58. The number of carbonyl (C=O) groups is 8. The number of carbonyl (C=O) groups excluding carboxylic acids is 8. The first-order valence-electron chi connectivity index (χ1n) is 32.3. The first kappa shape index (κ1) is 64.0. The molecule has 0 radical (unpaired) electrons. The molecule has 18 heteroatoms. The van der Waals surface area contributed by atoms with Crippen molar-refractivity contribution in [3.05, 3.63) is 312 Å². The molecule has 0 saturated heterocycles. The summed E-state index contributed by atoms with van der Waals surface area (Å²) in [6, 6.07) is 66.6. The van der Waals surface area contributed by atoms with E-state index in [2.05, 4.69) is 23.8 Å². The van der Waals surface area contributed by atoms with Crippen LogP contribution in [0.4, 0.5) is 11.4 Å². The fourth-order valence-electron chi connectivity index (χ4n) is 12.9. The minimum absolute atomic E-state index is 0.0243. The van der Waals surface area contributed by atoms with Gasteiger partial charge in [-0.3, -0.25) is 38.6 Å². The van der Waals surface area contributed by atoms with Crippen LogP contribution in [0.5, 0.6) is 57.5 Å². The number of esters is 2. The van der Waals surface area contributed by atoms with Crippen LogP contribution in [0, 0.1) is 0 Å². The van der Waals surface area contributed by atoms with Crippen molar-refractivity contribution in [3.63, 3.8) is 0 Å². The second-order valence-electron chi connectivity index (χ2n) is 24.3. The van der Waals surface area contributed by atoms with Gasteiger partial charge in [-0.15, -0.1) is 0 Å². The molecule has 2 aliphatic heterocycles. The van der Waals surface area contributed by atoms with Gasteiger partial charge in [0.05, 0.1) is 22.3 Å². The van der Waals surface area contributed by atoms with E-state index in [0.29, 0.717) is 23.0 Å². The standard InChI is InChI=1S/C84H56N4O14/c1-47(2)83(95)101-57-39-35-51(36-40-57)85-77(89)75(49-23-11-5-12-24-49)87-79(91)59-43-63(97-53-27-15-7-16-28-53)69-71-65(99-55-31-19-9-20-32-55)45-61-68-62(82(94)88(81(61)93)76(50-25-13-6-14-26-50)78(90)86-52-37-41-58(42-38-52)102-84(96)48(3)4)46-66(100-56-33-21-10-22-34-56)72(74(68)71)70-64(98-54-29-17-8-18-30-54)44-60(80(87)92)67(59)73(69)70/h5-46,75-76H,1,3H2,2,4H3,(H,85,89)(H,86,90). The van der Waals surface area contributed by atoms with Crippen LogP contribution in [0.2, 0.25) is 0 Å². The first-order chi connectivity index (χ1) is 49.6. The minimum Gasteiger partial charge on any atom is -0.457 e. The van der Waals surface area contributed by atoms with Gasteiger partial charge in [0.1, 0.15) is 69.6 Å². The molecule has 0 saturated carbocycles. The van der Waals surface area contributed by atoms with E-state index < -0.39 is 59.5 Å². The van der Waals surface area contributed by atoms with Gasteiger partial charge >= 0.3 is 11.9 Å². The van der Waals surface area contributed by atoms with Crippen molar-refractivity contribution < 1.29 is 66.8 Å². The molecule has 2 heterocycles. The second-order valence-corrected chi connectivity index (χ2v) is 24.3. The highest BCUT2D eigenvalue weighted by atomic mass is 16.5. The summed E-state index contributed by atoms with van der Waals surface area (Å²) < 4.78 is 39.3. The molecule has 0 spiro atoms. The number of para-hydroxylation sites is 4. The summed E-state index contributed by atoms with van der Waals surface area (Å²) in [6.07, 6.45) is 0. The monoisotopic (exact) mass is 1340 g/mol. The molecule has 0 aliphatic carbocycles. The van der Waals surface area contributed by atoms with Gasteiger partial charge in [-0.05, 0) is 146 Å². The van der Waals surface area contributed by atoms with Gasteiger partial charge in [0.15, 0.2) is 0 Å². The maximum absolute atomic E-state index is 16.4. The van der Waals surface area contributed by atoms with Crippen molar-refractivity contribution in [2.75, 3.05) is 10.6 Å². The summed E-state index contributed by atoms with van der Waals surface area (Å²) in [5, 5.41) is 7.38. The Morgan fingerprint density at radius 2 is 0.559 bits per heavy atom. The van der Waals surface area contributed by atoms with Crippen LogP contribution >= 0.6 is 0 Å². The molecule has 13 aromatic carbocycles. The summed E-state index contributed by atoms with van der Waals surface area (Å²) in [7, 11) is 0. The maximum atomic E-state index is 16.4. The molecule has 102 heavy (non-hydrogen) atoms. The normalized spacial score (nSPS) is 13.0. The van der Waals surface area contributed by atoms with Crippen molar-refractivity contribution in [2.24, 2.45) is 0 Å². The van der Waals surface area contributed by atoms with Gasteiger partial charge in [0, 0.05) is 65.6 Å². The number of fused-ring (bicyclic) bond motifs is 2. The number of rotatable bonds is 20. The molecule has 6 amide bonds. The quantitative estimate of drug-likeness (QED) is 0.0181. The zero-order chi connectivity index (χ0) is 70.4. The number of imide groups is 2. The number of anilines is 2. The number of nitrogens with one attached hydrogen (secondary N) is 2. The highest BCUT2D eigenvalue weighted by molar-refractivity contribution is 6.45. The summed E-state index contributed by atoms with van der Waals surface area (Å²) in [5.41, 5.74) is 1.09. The Labute approximate surface area is 582 Å². The van der Waals surface area contributed by atoms with Crippen LogP contribution < -0.4 is 39.1 Å². The zero-order valence-corrected chi connectivity index (χ0v) is 54.4. The number of nitrogens with zero attached hydrogens (tertiary/aromatic N) is 2. The lowest BCUT2D eigenvalue weighted by molar-refractivity contribution is -0.130. The Kier molecular flexibility index (Phi) is 16.6.